The summed E-state index contributed by atoms with van der Waals surface area (Å²) in [6.07, 6.45) is 6.65. The van der Waals surface area contributed by atoms with Crippen molar-refractivity contribution in [2.45, 2.75) is 58.0 Å². The normalized spacial score (nSPS) is 20.3. The molecule has 2 heterocycles. The zero-order valence-electron chi connectivity index (χ0n) is 12.0. The van der Waals surface area contributed by atoms with E-state index in [1.807, 2.05) is 11.3 Å². The molecule has 3 nitrogen and oxygen atoms in total. The highest BCUT2D eigenvalue weighted by molar-refractivity contribution is 7.11. The summed E-state index contributed by atoms with van der Waals surface area (Å²) in [5, 5.41) is 4.88. The molecule has 2 fully saturated rings. The maximum Gasteiger partial charge on any atom is 0.107 e. The van der Waals surface area contributed by atoms with E-state index in [4.69, 9.17) is 4.98 Å². The predicted molar refractivity (Wildman–Crippen MR) is 80.6 cm³/mol. The quantitative estimate of drug-likeness (QED) is 0.777. The van der Waals surface area contributed by atoms with Crippen molar-refractivity contribution in [3.8, 4) is 0 Å². The fourth-order valence-corrected chi connectivity index (χ4v) is 3.96. The molecule has 0 radical (unpaired) electrons. The van der Waals surface area contributed by atoms with Crippen LogP contribution in [-0.4, -0.2) is 29.5 Å². The smallest absolute Gasteiger partial charge is 0.107 e. The maximum absolute atomic E-state index is 4.95. The molecule has 0 spiro atoms. The molecule has 1 aromatic rings. The standard InChI is InChI=1S/C15H25N3S/c1-2-7-16-10-13-15(12-5-6-12)17-14(19-13)11-18-8-3-4-9-18/h12,16H,2-11H2,1H3. The summed E-state index contributed by atoms with van der Waals surface area (Å²) >= 11 is 1.95. The molecule has 1 saturated heterocycles. The first-order valence-electron chi connectivity index (χ1n) is 7.78. The van der Waals surface area contributed by atoms with Crippen molar-refractivity contribution in [1.82, 2.24) is 15.2 Å². The molecule has 3 rings (SSSR count). The largest absolute Gasteiger partial charge is 0.312 e. The lowest BCUT2D eigenvalue weighted by Gasteiger charge is -2.11. The van der Waals surface area contributed by atoms with Crippen molar-refractivity contribution >= 4 is 11.3 Å². The minimum atomic E-state index is 0.780. The number of hydrogen-bond donors (Lipinski definition) is 1. The third kappa shape index (κ3) is 3.56. The van der Waals surface area contributed by atoms with Crippen LogP contribution in [0.3, 0.4) is 0 Å². The molecular formula is C15H25N3S. The number of likely N-dealkylation sites (tertiary alicyclic amines) is 1. The van der Waals surface area contributed by atoms with Crippen LogP contribution < -0.4 is 5.32 Å². The number of aromatic nitrogens is 1. The van der Waals surface area contributed by atoms with Gasteiger partial charge < -0.3 is 5.32 Å². The van der Waals surface area contributed by atoms with Gasteiger partial charge in [0.15, 0.2) is 0 Å². The van der Waals surface area contributed by atoms with E-state index in [-0.39, 0.29) is 0 Å². The third-order valence-electron chi connectivity index (χ3n) is 4.01. The Morgan fingerprint density at radius 3 is 2.79 bits per heavy atom. The van der Waals surface area contributed by atoms with Gasteiger partial charge in [0.1, 0.15) is 5.01 Å². The summed E-state index contributed by atoms with van der Waals surface area (Å²) in [6, 6.07) is 0. The van der Waals surface area contributed by atoms with E-state index < -0.39 is 0 Å². The van der Waals surface area contributed by atoms with Gasteiger partial charge in [0.2, 0.25) is 0 Å². The Labute approximate surface area is 120 Å². The van der Waals surface area contributed by atoms with E-state index in [2.05, 4.69) is 17.1 Å². The zero-order chi connectivity index (χ0) is 13.1. The number of hydrogen-bond acceptors (Lipinski definition) is 4. The van der Waals surface area contributed by atoms with E-state index in [0.717, 1.165) is 25.6 Å². The number of rotatable bonds is 7. The van der Waals surface area contributed by atoms with Gasteiger partial charge in [-0.05, 0) is 51.7 Å². The number of thiazole rings is 1. The summed E-state index contributed by atoms with van der Waals surface area (Å²) in [5.74, 6) is 0.780. The molecule has 4 heteroatoms. The second-order valence-corrected chi connectivity index (χ2v) is 7.02. The summed E-state index contributed by atoms with van der Waals surface area (Å²) in [6.45, 7) is 7.97. The van der Waals surface area contributed by atoms with Crippen molar-refractivity contribution < 1.29 is 0 Å². The van der Waals surface area contributed by atoms with E-state index in [0.29, 0.717) is 0 Å². The molecule has 0 aromatic carbocycles. The second kappa shape index (κ2) is 6.33. The van der Waals surface area contributed by atoms with Crippen LogP contribution in [0.2, 0.25) is 0 Å². The van der Waals surface area contributed by atoms with Crippen LogP contribution in [0.5, 0.6) is 0 Å². The molecule has 1 N–H and O–H groups in total. The Balaban J connectivity index is 1.64. The van der Waals surface area contributed by atoms with E-state index in [1.165, 1.54) is 60.8 Å². The molecule has 0 atom stereocenters. The van der Waals surface area contributed by atoms with Gasteiger partial charge in [0.25, 0.3) is 0 Å². The van der Waals surface area contributed by atoms with Crippen molar-refractivity contribution in [3.05, 3.63) is 15.6 Å². The van der Waals surface area contributed by atoms with Gasteiger partial charge in [-0.15, -0.1) is 11.3 Å². The fourth-order valence-electron chi connectivity index (χ4n) is 2.79. The lowest BCUT2D eigenvalue weighted by molar-refractivity contribution is 0.330. The van der Waals surface area contributed by atoms with Crippen molar-refractivity contribution in [2.75, 3.05) is 19.6 Å². The average molecular weight is 279 g/mol. The molecule has 19 heavy (non-hydrogen) atoms. The van der Waals surface area contributed by atoms with Crippen LogP contribution in [0.25, 0.3) is 0 Å². The summed E-state index contributed by atoms with van der Waals surface area (Å²) < 4.78 is 0. The Morgan fingerprint density at radius 1 is 1.32 bits per heavy atom. The topological polar surface area (TPSA) is 28.2 Å². The van der Waals surface area contributed by atoms with Crippen LogP contribution in [0.15, 0.2) is 0 Å². The first kappa shape index (κ1) is 13.5. The Hall–Kier alpha value is -0.450. The minimum absolute atomic E-state index is 0.780. The maximum atomic E-state index is 4.95. The van der Waals surface area contributed by atoms with E-state index >= 15 is 0 Å². The fraction of sp³-hybridized carbons (Fsp3) is 0.800. The third-order valence-corrected chi connectivity index (χ3v) is 5.06. The first-order chi connectivity index (χ1) is 9.36. The highest BCUT2D eigenvalue weighted by Gasteiger charge is 2.29. The Morgan fingerprint density at radius 2 is 2.11 bits per heavy atom. The molecule has 2 aliphatic rings. The van der Waals surface area contributed by atoms with Gasteiger partial charge in [-0.2, -0.15) is 0 Å². The van der Waals surface area contributed by atoms with Gasteiger partial charge >= 0.3 is 0 Å². The molecular weight excluding hydrogens is 254 g/mol. The van der Waals surface area contributed by atoms with Crippen LogP contribution >= 0.6 is 11.3 Å². The lowest BCUT2D eigenvalue weighted by Crippen LogP contribution is -2.18. The lowest BCUT2D eigenvalue weighted by atomic mass is 10.2. The second-order valence-electron chi connectivity index (χ2n) is 5.85. The highest BCUT2D eigenvalue weighted by Crippen LogP contribution is 2.42. The van der Waals surface area contributed by atoms with Gasteiger partial charge in [0.05, 0.1) is 12.2 Å². The van der Waals surface area contributed by atoms with E-state index in [9.17, 15) is 0 Å². The van der Waals surface area contributed by atoms with Gasteiger partial charge in [-0.1, -0.05) is 6.92 Å². The summed E-state index contributed by atoms with van der Waals surface area (Å²) in [4.78, 5) is 9.01. The molecule has 1 aliphatic heterocycles. The van der Waals surface area contributed by atoms with Crippen LogP contribution in [0.1, 0.15) is 60.5 Å². The molecule has 106 valence electrons. The van der Waals surface area contributed by atoms with Crippen LogP contribution in [-0.2, 0) is 13.1 Å². The Bertz CT molecular complexity index is 406. The van der Waals surface area contributed by atoms with E-state index in [1.54, 1.807) is 0 Å². The van der Waals surface area contributed by atoms with Crippen molar-refractivity contribution in [1.29, 1.82) is 0 Å². The molecule has 0 bridgehead atoms. The number of nitrogens with one attached hydrogen (secondary N) is 1. The molecule has 1 saturated carbocycles. The SMILES string of the molecule is CCCNCc1sc(CN2CCCC2)nc1C1CC1. The monoisotopic (exact) mass is 279 g/mol. The predicted octanol–water partition coefficient (Wildman–Crippen LogP) is 3.12. The zero-order valence-corrected chi connectivity index (χ0v) is 12.8. The van der Waals surface area contributed by atoms with Crippen molar-refractivity contribution in [2.24, 2.45) is 0 Å². The summed E-state index contributed by atoms with van der Waals surface area (Å²) in [5.41, 5.74) is 1.42. The van der Waals surface area contributed by atoms with Crippen molar-refractivity contribution in [3.63, 3.8) is 0 Å². The van der Waals surface area contributed by atoms with Gasteiger partial charge in [-0.3, -0.25) is 4.90 Å². The van der Waals surface area contributed by atoms with Crippen LogP contribution in [0, 0.1) is 0 Å². The van der Waals surface area contributed by atoms with Gasteiger partial charge in [0, 0.05) is 17.3 Å². The molecule has 0 amide bonds. The Kier molecular flexibility index (Phi) is 4.51. The first-order valence-corrected chi connectivity index (χ1v) is 8.60. The van der Waals surface area contributed by atoms with Crippen LogP contribution in [0.4, 0.5) is 0 Å². The highest BCUT2D eigenvalue weighted by atomic mass is 32.1. The summed E-state index contributed by atoms with van der Waals surface area (Å²) in [7, 11) is 0. The molecule has 1 aliphatic carbocycles. The number of nitrogens with zero attached hydrogens (tertiary/aromatic N) is 2. The van der Waals surface area contributed by atoms with Gasteiger partial charge in [-0.25, -0.2) is 4.98 Å². The molecule has 0 unspecified atom stereocenters. The molecule has 1 aromatic heterocycles. The average Bonchev–Trinajstić information content (AvgIpc) is 2.98. The minimum Gasteiger partial charge on any atom is -0.312 e.